The zero-order chi connectivity index (χ0) is 24.7. The smallest absolute Gasteiger partial charge is 0.261 e. The van der Waals surface area contributed by atoms with Crippen molar-refractivity contribution in [3.63, 3.8) is 0 Å². The van der Waals surface area contributed by atoms with Crippen LogP contribution in [0, 0.1) is 13.8 Å². The van der Waals surface area contributed by atoms with Gasteiger partial charge in [-0.25, -0.2) is 0 Å². The Morgan fingerprint density at radius 2 is 1.76 bits per heavy atom. The van der Waals surface area contributed by atoms with Crippen LogP contribution >= 0.6 is 23.2 Å². The van der Waals surface area contributed by atoms with E-state index in [1.165, 1.54) is 6.42 Å². The quantitative estimate of drug-likeness (QED) is 0.439. The first-order chi connectivity index (χ1) is 16.3. The second kappa shape index (κ2) is 12.5. The monoisotopic (exact) mass is 504 g/mol. The predicted octanol–water partition coefficient (Wildman–Crippen LogP) is 6.25. The Labute approximate surface area is 212 Å². The van der Waals surface area contributed by atoms with Gasteiger partial charge in [-0.05, 0) is 74.1 Å². The number of nitrogens with zero attached hydrogens (tertiary/aromatic N) is 1. The van der Waals surface area contributed by atoms with Crippen molar-refractivity contribution in [1.29, 1.82) is 0 Å². The van der Waals surface area contributed by atoms with Gasteiger partial charge in [-0.1, -0.05) is 61.5 Å². The molecule has 0 radical (unpaired) electrons. The Balaban J connectivity index is 1.78. The van der Waals surface area contributed by atoms with E-state index >= 15 is 0 Å². The molecule has 0 aromatic heterocycles. The summed E-state index contributed by atoms with van der Waals surface area (Å²) < 4.78 is 5.82. The number of benzene rings is 2. The van der Waals surface area contributed by atoms with Crippen molar-refractivity contribution in [1.82, 2.24) is 10.2 Å². The summed E-state index contributed by atoms with van der Waals surface area (Å²) in [4.78, 5) is 28.2. The van der Waals surface area contributed by atoms with Crippen LogP contribution in [-0.4, -0.2) is 35.4 Å². The van der Waals surface area contributed by atoms with Crippen molar-refractivity contribution >= 4 is 35.0 Å². The minimum absolute atomic E-state index is 0.117. The van der Waals surface area contributed by atoms with Crippen LogP contribution in [0.15, 0.2) is 36.4 Å². The molecule has 0 saturated heterocycles. The normalized spacial score (nSPS) is 15.0. The van der Waals surface area contributed by atoms with Crippen molar-refractivity contribution in [3.05, 3.63) is 63.1 Å². The molecule has 7 heteroatoms. The highest BCUT2D eigenvalue weighted by Crippen LogP contribution is 2.25. The molecule has 1 fully saturated rings. The van der Waals surface area contributed by atoms with Gasteiger partial charge in [-0.3, -0.25) is 9.59 Å². The largest absolute Gasteiger partial charge is 0.484 e. The van der Waals surface area contributed by atoms with Gasteiger partial charge in [0.1, 0.15) is 11.8 Å². The molecule has 1 aliphatic carbocycles. The van der Waals surface area contributed by atoms with E-state index in [0.29, 0.717) is 22.2 Å². The molecule has 0 spiro atoms. The lowest BCUT2D eigenvalue weighted by atomic mass is 9.95. The Hall–Kier alpha value is -2.24. The van der Waals surface area contributed by atoms with Crippen LogP contribution < -0.4 is 10.1 Å². The molecule has 1 aliphatic rings. The van der Waals surface area contributed by atoms with Gasteiger partial charge in [0.15, 0.2) is 6.61 Å². The van der Waals surface area contributed by atoms with E-state index in [0.717, 1.165) is 42.4 Å². The van der Waals surface area contributed by atoms with E-state index in [1.807, 2.05) is 45.0 Å². The van der Waals surface area contributed by atoms with Gasteiger partial charge in [0.05, 0.1) is 10.0 Å². The number of carbonyl (C=O) groups excluding carboxylic acids is 2. The van der Waals surface area contributed by atoms with E-state index in [2.05, 4.69) is 5.32 Å². The Morgan fingerprint density at radius 3 is 2.41 bits per heavy atom. The van der Waals surface area contributed by atoms with Crippen LogP contribution in [0.5, 0.6) is 5.75 Å². The standard InChI is InChI=1S/C27H34Cl2N2O3/c1-4-25(27(33)30-21-8-6-5-7-9-21)31(16-20-11-13-23(28)24(29)15-20)26(32)17-34-22-12-10-18(2)19(3)14-22/h10-15,21,25H,4-9,16-17H2,1-3H3,(H,30,33)/t25-/m1/s1. The Kier molecular flexibility index (Phi) is 9.66. The van der Waals surface area contributed by atoms with E-state index in [1.54, 1.807) is 17.0 Å². The number of amides is 2. The Bertz CT molecular complexity index is 1010. The summed E-state index contributed by atoms with van der Waals surface area (Å²) in [6, 6.07) is 10.6. The van der Waals surface area contributed by atoms with E-state index in [9.17, 15) is 9.59 Å². The second-order valence-corrected chi connectivity index (χ2v) is 9.89. The maximum absolute atomic E-state index is 13.4. The summed E-state index contributed by atoms with van der Waals surface area (Å²) in [6.45, 7) is 6.04. The first-order valence-corrected chi connectivity index (χ1v) is 12.8. The number of carbonyl (C=O) groups is 2. The number of halogens is 2. The first-order valence-electron chi connectivity index (χ1n) is 12.0. The highest BCUT2D eigenvalue weighted by molar-refractivity contribution is 6.42. The maximum Gasteiger partial charge on any atom is 0.261 e. The topological polar surface area (TPSA) is 58.6 Å². The number of ether oxygens (including phenoxy) is 1. The Morgan fingerprint density at radius 1 is 1.03 bits per heavy atom. The van der Waals surface area contributed by atoms with Crippen molar-refractivity contribution in [2.24, 2.45) is 0 Å². The summed E-state index contributed by atoms with van der Waals surface area (Å²) in [7, 11) is 0. The molecule has 0 unspecified atom stereocenters. The molecule has 5 nitrogen and oxygen atoms in total. The molecule has 0 heterocycles. The van der Waals surface area contributed by atoms with Crippen LogP contribution in [0.4, 0.5) is 0 Å². The zero-order valence-electron chi connectivity index (χ0n) is 20.2. The van der Waals surface area contributed by atoms with Crippen molar-refractivity contribution in [2.75, 3.05) is 6.61 Å². The van der Waals surface area contributed by atoms with Gasteiger partial charge < -0.3 is 15.0 Å². The minimum Gasteiger partial charge on any atom is -0.484 e. The van der Waals surface area contributed by atoms with E-state index in [4.69, 9.17) is 27.9 Å². The third-order valence-corrected chi connectivity index (χ3v) is 7.25. The lowest BCUT2D eigenvalue weighted by molar-refractivity contribution is -0.143. The van der Waals surface area contributed by atoms with Crippen molar-refractivity contribution in [3.8, 4) is 5.75 Å². The predicted molar refractivity (Wildman–Crippen MR) is 138 cm³/mol. The molecule has 2 amide bonds. The van der Waals surface area contributed by atoms with Crippen LogP contribution in [0.2, 0.25) is 10.0 Å². The van der Waals surface area contributed by atoms with Crippen molar-refractivity contribution < 1.29 is 14.3 Å². The van der Waals surface area contributed by atoms with Gasteiger partial charge in [-0.15, -0.1) is 0 Å². The van der Waals surface area contributed by atoms with Crippen LogP contribution in [-0.2, 0) is 16.1 Å². The van der Waals surface area contributed by atoms with E-state index < -0.39 is 6.04 Å². The summed E-state index contributed by atoms with van der Waals surface area (Å²) in [5.41, 5.74) is 3.05. The first kappa shape index (κ1) is 26.4. The average molecular weight is 505 g/mol. The zero-order valence-corrected chi connectivity index (χ0v) is 21.7. The number of aryl methyl sites for hydroxylation is 2. The third kappa shape index (κ3) is 7.13. The molecule has 1 N–H and O–H groups in total. The number of hydrogen-bond acceptors (Lipinski definition) is 3. The van der Waals surface area contributed by atoms with Crippen LogP contribution in [0.25, 0.3) is 0 Å². The molecule has 0 aliphatic heterocycles. The number of nitrogens with one attached hydrogen (secondary N) is 1. The van der Waals surface area contributed by atoms with E-state index in [-0.39, 0.29) is 31.0 Å². The molecular weight excluding hydrogens is 471 g/mol. The molecule has 1 saturated carbocycles. The highest BCUT2D eigenvalue weighted by atomic mass is 35.5. The number of rotatable bonds is 9. The van der Waals surface area contributed by atoms with Gasteiger partial charge >= 0.3 is 0 Å². The molecule has 2 aromatic carbocycles. The molecule has 34 heavy (non-hydrogen) atoms. The van der Waals surface area contributed by atoms with Crippen molar-refractivity contribution in [2.45, 2.75) is 77.9 Å². The van der Waals surface area contributed by atoms with Gasteiger partial charge in [0, 0.05) is 12.6 Å². The second-order valence-electron chi connectivity index (χ2n) is 9.07. The molecule has 184 valence electrons. The molecule has 3 rings (SSSR count). The summed E-state index contributed by atoms with van der Waals surface area (Å²) in [5, 5.41) is 4.04. The van der Waals surface area contributed by atoms with Crippen LogP contribution in [0.1, 0.15) is 62.1 Å². The maximum atomic E-state index is 13.4. The fraction of sp³-hybridized carbons (Fsp3) is 0.481. The number of hydrogen-bond donors (Lipinski definition) is 1. The summed E-state index contributed by atoms with van der Waals surface area (Å²) >= 11 is 12.3. The summed E-state index contributed by atoms with van der Waals surface area (Å²) in [5.74, 6) is 0.259. The minimum atomic E-state index is -0.604. The molecular formula is C27H34Cl2N2O3. The molecule has 2 aromatic rings. The molecule has 0 bridgehead atoms. The summed E-state index contributed by atoms with van der Waals surface area (Å²) in [6.07, 6.45) is 5.92. The van der Waals surface area contributed by atoms with Gasteiger partial charge in [-0.2, -0.15) is 0 Å². The fourth-order valence-electron chi connectivity index (χ4n) is 4.33. The lowest BCUT2D eigenvalue weighted by Gasteiger charge is -2.32. The average Bonchev–Trinajstić information content (AvgIpc) is 2.82. The highest BCUT2D eigenvalue weighted by Gasteiger charge is 2.30. The fourth-order valence-corrected chi connectivity index (χ4v) is 4.65. The van der Waals surface area contributed by atoms with Gasteiger partial charge in [0.25, 0.3) is 5.91 Å². The lowest BCUT2D eigenvalue weighted by Crippen LogP contribution is -2.52. The molecule has 1 atom stereocenters. The third-order valence-electron chi connectivity index (χ3n) is 6.52. The SMILES string of the molecule is CC[C@H](C(=O)NC1CCCCC1)N(Cc1ccc(Cl)c(Cl)c1)C(=O)COc1ccc(C)c(C)c1. The van der Waals surface area contributed by atoms with Crippen LogP contribution in [0.3, 0.4) is 0 Å². The van der Waals surface area contributed by atoms with Gasteiger partial charge in [0.2, 0.25) is 5.91 Å².